The van der Waals surface area contributed by atoms with Crippen molar-refractivity contribution in [3.05, 3.63) is 0 Å². The van der Waals surface area contributed by atoms with Gasteiger partial charge in [0.1, 0.15) is 0 Å². The average molecular weight is 280 g/mol. The molecule has 0 fully saturated rings. The molecule has 9 heteroatoms. The van der Waals surface area contributed by atoms with Gasteiger partial charge in [-0.05, 0) is 0 Å². The normalized spacial score (nSPS) is 13.4. The van der Waals surface area contributed by atoms with E-state index in [-0.39, 0.29) is 12.2 Å². The molecule has 102 valence electrons. The number of aliphatic carboxylic acids is 2. The summed E-state index contributed by atoms with van der Waals surface area (Å²) in [6.07, 6.45) is -2.48. The largest absolute Gasteiger partial charge is 0.481 e. The van der Waals surface area contributed by atoms with E-state index in [0.29, 0.717) is 0 Å². The van der Waals surface area contributed by atoms with Gasteiger partial charge in [0.15, 0.2) is 5.60 Å². The third kappa shape index (κ3) is 5.64. The minimum absolute atomic E-state index is 0.129. The number of hydrogen-bond donors (Lipinski definition) is 4. The van der Waals surface area contributed by atoms with E-state index in [0.717, 1.165) is 0 Å². The first-order valence-electron chi connectivity index (χ1n) is 4.73. The third-order valence-corrected chi connectivity index (χ3v) is 2.05. The van der Waals surface area contributed by atoms with Crippen LogP contribution >= 0.6 is 12.6 Å². The Bertz CT molecular complexity index is 366. The van der Waals surface area contributed by atoms with Crippen molar-refractivity contribution in [2.75, 3.05) is 5.75 Å². The topological polar surface area (TPSA) is 138 Å². The van der Waals surface area contributed by atoms with Crippen LogP contribution in [0.2, 0.25) is 0 Å². The lowest BCUT2D eigenvalue weighted by molar-refractivity contribution is -0.174. The first kappa shape index (κ1) is 16.4. The van der Waals surface area contributed by atoms with Gasteiger partial charge in [-0.3, -0.25) is 14.4 Å². The number of carboxylic acids is 2. The summed E-state index contributed by atoms with van der Waals surface area (Å²) in [5.74, 6) is -5.60. The maximum absolute atomic E-state index is 11.1. The Labute approximate surface area is 107 Å². The van der Waals surface area contributed by atoms with Crippen molar-refractivity contribution >= 4 is 36.5 Å². The first-order chi connectivity index (χ1) is 8.21. The van der Waals surface area contributed by atoms with Gasteiger partial charge < -0.3 is 20.1 Å². The molecule has 0 saturated heterocycles. The average Bonchev–Trinajstić information content (AvgIpc) is 2.15. The molecule has 0 bridgehead atoms. The number of carbonyl (C=O) groups is 4. The van der Waals surface area contributed by atoms with Gasteiger partial charge in [0, 0.05) is 5.75 Å². The standard InChI is InChI=1S/C9H12O8S/c10-5(11)3-9(16,8(14)15)4-7(13)17-6(12)1-2-18/h16,18H,1-4H2,(H,10,11)(H,14,15). The van der Waals surface area contributed by atoms with Crippen LogP contribution in [0.25, 0.3) is 0 Å². The minimum Gasteiger partial charge on any atom is -0.481 e. The first-order valence-corrected chi connectivity index (χ1v) is 5.36. The van der Waals surface area contributed by atoms with Crippen molar-refractivity contribution in [2.45, 2.75) is 24.9 Å². The van der Waals surface area contributed by atoms with Crippen molar-refractivity contribution in [1.82, 2.24) is 0 Å². The molecule has 1 unspecified atom stereocenters. The maximum atomic E-state index is 11.1. The molecule has 0 aromatic rings. The zero-order valence-corrected chi connectivity index (χ0v) is 10.1. The summed E-state index contributed by atoms with van der Waals surface area (Å²) < 4.78 is 4.18. The van der Waals surface area contributed by atoms with E-state index in [9.17, 15) is 24.3 Å². The fourth-order valence-corrected chi connectivity index (χ4v) is 1.19. The molecule has 8 nitrogen and oxygen atoms in total. The van der Waals surface area contributed by atoms with Crippen LogP contribution in [0, 0.1) is 0 Å². The molecular formula is C9H12O8S. The summed E-state index contributed by atoms with van der Waals surface area (Å²) in [4.78, 5) is 43.1. The van der Waals surface area contributed by atoms with Crippen LogP contribution in [0.15, 0.2) is 0 Å². The van der Waals surface area contributed by atoms with Crippen LogP contribution in [0.1, 0.15) is 19.3 Å². The van der Waals surface area contributed by atoms with Crippen LogP contribution in [0.5, 0.6) is 0 Å². The summed E-state index contributed by atoms with van der Waals surface area (Å²) in [6, 6.07) is 0. The summed E-state index contributed by atoms with van der Waals surface area (Å²) in [5.41, 5.74) is -2.80. The number of thiol groups is 1. The molecule has 0 heterocycles. The van der Waals surface area contributed by atoms with Crippen LogP contribution in [-0.2, 0) is 23.9 Å². The van der Waals surface area contributed by atoms with Crippen LogP contribution in [0.4, 0.5) is 0 Å². The van der Waals surface area contributed by atoms with Crippen molar-refractivity contribution in [1.29, 1.82) is 0 Å². The molecule has 0 rings (SSSR count). The number of carboxylic acid groups (broad SMARTS) is 2. The Balaban J connectivity index is 4.60. The van der Waals surface area contributed by atoms with E-state index in [1.807, 2.05) is 0 Å². The SMILES string of the molecule is O=C(O)CC(O)(CC(=O)OC(=O)CCS)C(=O)O. The van der Waals surface area contributed by atoms with E-state index in [1.165, 1.54) is 0 Å². The molecule has 1 atom stereocenters. The highest BCUT2D eigenvalue weighted by molar-refractivity contribution is 7.80. The molecular weight excluding hydrogens is 268 g/mol. The molecule has 0 radical (unpaired) electrons. The van der Waals surface area contributed by atoms with Gasteiger partial charge in [0.2, 0.25) is 0 Å². The van der Waals surface area contributed by atoms with Crippen molar-refractivity contribution < 1.29 is 39.2 Å². The molecule has 0 spiro atoms. The Kier molecular flexibility index (Phi) is 6.34. The third-order valence-electron chi connectivity index (χ3n) is 1.82. The van der Waals surface area contributed by atoms with E-state index in [1.54, 1.807) is 0 Å². The van der Waals surface area contributed by atoms with Gasteiger partial charge in [-0.15, -0.1) is 0 Å². The van der Waals surface area contributed by atoms with E-state index < -0.39 is 42.3 Å². The quantitative estimate of drug-likeness (QED) is 0.266. The number of aliphatic hydroxyl groups is 1. The molecule has 18 heavy (non-hydrogen) atoms. The van der Waals surface area contributed by atoms with E-state index >= 15 is 0 Å². The van der Waals surface area contributed by atoms with Crippen molar-refractivity contribution in [2.24, 2.45) is 0 Å². The number of hydrogen-bond acceptors (Lipinski definition) is 7. The molecule has 0 amide bonds. The fraction of sp³-hybridized carbons (Fsp3) is 0.556. The van der Waals surface area contributed by atoms with E-state index in [4.69, 9.17) is 10.2 Å². The zero-order chi connectivity index (χ0) is 14.3. The second-order valence-corrected chi connectivity index (χ2v) is 3.85. The Morgan fingerprint density at radius 1 is 1.06 bits per heavy atom. The van der Waals surface area contributed by atoms with E-state index in [2.05, 4.69) is 17.4 Å². The van der Waals surface area contributed by atoms with Crippen LogP contribution < -0.4 is 0 Å². The zero-order valence-electron chi connectivity index (χ0n) is 9.16. The number of esters is 2. The molecule has 0 aliphatic heterocycles. The highest BCUT2D eigenvalue weighted by Crippen LogP contribution is 2.17. The number of rotatable bonds is 7. The van der Waals surface area contributed by atoms with Gasteiger partial charge in [-0.25, -0.2) is 4.79 Å². The molecule has 3 N–H and O–H groups in total. The van der Waals surface area contributed by atoms with Crippen molar-refractivity contribution in [3.63, 3.8) is 0 Å². The summed E-state index contributed by atoms with van der Waals surface area (Å²) >= 11 is 3.71. The molecule has 0 aliphatic rings. The molecule has 0 saturated carbocycles. The fourth-order valence-electron chi connectivity index (χ4n) is 1.01. The van der Waals surface area contributed by atoms with Crippen molar-refractivity contribution in [3.8, 4) is 0 Å². The lowest BCUT2D eigenvalue weighted by Crippen LogP contribution is -2.43. The summed E-state index contributed by atoms with van der Waals surface area (Å²) in [7, 11) is 0. The molecule has 0 aliphatic carbocycles. The second kappa shape index (κ2) is 6.97. The van der Waals surface area contributed by atoms with Gasteiger partial charge in [-0.2, -0.15) is 12.6 Å². The van der Waals surface area contributed by atoms with Gasteiger partial charge in [0.05, 0.1) is 19.3 Å². The smallest absolute Gasteiger partial charge is 0.336 e. The monoisotopic (exact) mass is 280 g/mol. The van der Waals surface area contributed by atoms with Gasteiger partial charge in [-0.1, -0.05) is 0 Å². The number of carbonyl (C=O) groups excluding carboxylic acids is 2. The highest BCUT2D eigenvalue weighted by Gasteiger charge is 2.41. The van der Waals surface area contributed by atoms with Crippen LogP contribution in [0.3, 0.4) is 0 Å². The Morgan fingerprint density at radius 2 is 1.61 bits per heavy atom. The van der Waals surface area contributed by atoms with Gasteiger partial charge in [0.25, 0.3) is 0 Å². The summed E-state index contributed by atoms with van der Waals surface area (Å²) in [6.45, 7) is 0. The molecule has 0 aromatic carbocycles. The van der Waals surface area contributed by atoms with Crippen LogP contribution in [-0.4, -0.2) is 50.6 Å². The lowest BCUT2D eigenvalue weighted by atomic mass is 9.96. The molecule has 0 aromatic heterocycles. The van der Waals surface area contributed by atoms with Gasteiger partial charge >= 0.3 is 23.9 Å². The second-order valence-electron chi connectivity index (χ2n) is 3.40. The predicted molar refractivity (Wildman–Crippen MR) is 59.0 cm³/mol. The minimum atomic E-state index is -2.80. The summed E-state index contributed by atoms with van der Waals surface area (Å²) in [5, 5.41) is 26.5. The maximum Gasteiger partial charge on any atom is 0.336 e. The highest BCUT2D eigenvalue weighted by atomic mass is 32.1. The Hall–Kier alpha value is -1.61. The lowest BCUT2D eigenvalue weighted by Gasteiger charge is -2.19. The Morgan fingerprint density at radius 3 is 2.00 bits per heavy atom. The number of ether oxygens (including phenoxy) is 1. The predicted octanol–water partition coefficient (Wildman–Crippen LogP) is -0.943.